The Morgan fingerprint density at radius 1 is 1.38 bits per heavy atom. The number of rotatable bonds is 3. The Morgan fingerprint density at radius 2 is 2.08 bits per heavy atom. The normalized spacial score (nSPS) is 11.7. The molecule has 0 aromatic carbocycles. The highest BCUT2D eigenvalue weighted by atomic mass is 19.1. The van der Waals surface area contributed by atoms with Crippen LogP contribution < -0.4 is 0 Å². The van der Waals surface area contributed by atoms with E-state index in [0.717, 1.165) is 18.5 Å². The smallest absolute Gasteiger partial charge is 0.141 e. The first kappa shape index (κ1) is 10.2. The lowest BCUT2D eigenvalue weighted by atomic mass is 9.84. The molecule has 1 rings (SSSR count). The third kappa shape index (κ3) is 2.51. The molecule has 0 saturated heterocycles. The van der Waals surface area contributed by atoms with Gasteiger partial charge >= 0.3 is 0 Å². The molecule has 1 nitrogen and oxygen atoms in total. The Balaban J connectivity index is 2.87. The Bertz CT molecular complexity index is 264. The van der Waals surface area contributed by atoms with Crippen molar-refractivity contribution in [3.8, 4) is 0 Å². The third-order valence-corrected chi connectivity index (χ3v) is 2.30. The molecule has 1 aromatic rings. The van der Waals surface area contributed by atoms with Gasteiger partial charge in [-0.1, -0.05) is 27.2 Å². The number of aromatic nitrogens is 1. The van der Waals surface area contributed by atoms with Crippen LogP contribution in [0.1, 0.15) is 39.3 Å². The fraction of sp³-hybridized carbons (Fsp3) is 0.545. The molecular weight excluding hydrogens is 165 g/mol. The summed E-state index contributed by atoms with van der Waals surface area (Å²) in [5.41, 5.74) is 1.03. The largest absolute Gasteiger partial charge is 0.258 e. The summed E-state index contributed by atoms with van der Waals surface area (Å²) >= 11 is 0. The van der Waals surface area contributed by atoms with Gasteiger partial charge in [0.05, 0.1) is 6.20 Å². The van der Waals surface area contributed by atoms with E-state index in [1.54, 1.807) is 6.07 Å². The molecule has 0 spiro atoms. The maximum atomic E-state index is 12.6. The first-order chi connectivity index (χ1) is 6.06. The standard InChI is InChI=1S/C11H16FN/c1-4-7-11(2,3)10-6-5-9(12)8-13-10/h5-6,8H,4,7H2,1-3H3. The van der Waals surface area contributed by atoms with E-state index in [9.17, 15) is 4.39 Å². The van der Waals surface area contributed by atoms with Crippen LogP contribution >= 0.6 is 0 Å². The second-order valence-corrected chi connectivity index (χ2v) is 4.00. The van der Waals surface area contributed by atoms with E-state index in [2.05, 4.69) is 25.8 Å². The zero-order valence-corrected chi connectivity index (χ0v) is 8.47. The van der Waals surface area contributed by atoms with E-state index in [-0.39, 0.29) is 11.2 Å². The van der Waals surface area contributed by atoms with Gasteiger partial charge in [0.15, 0.2) is 0 Å². The summed E-state index contributed by atoms with van der Waals surface area (Å²) in [7, 11) is 0. The molecule has 0 bridgehead atoms. The second kappa shape index (κ2) is 3.86. The van der Waals surface area contributed by atoms with E-state index >= 15 is 0 Å². The number of nitrogens with zero attached hydrogens (tertiary/aromatic N) is 1. The van der Waals surface area contributed by atoms with Gasteiger partial charge in [-0.3, -0.25) is 4.98 Å². The van der Waals surface area contributed by atoms with Gasteiger partial charge in [0.25, 0.3) is 0 Å². The zero-order chi connectivity index (χ0) is 9.90. The van der Waals surface area contributed by atoms with Crippen molar-refractivity contribution in [3.05, 3.63) is 29.8 Å². The van der Waals surface area contributed by atoms with Crippen molar-refractivity contribution in [2.24, 2.45) is 0 Å². The molecular formula is C11H16FN. The van der Waals surface area contributed by atoms with Crippen molar-refractivity contribution in [3.63, 3.8) is 0 Å². The Labute approximate surface area is 79.0 Å². The van der Waals surface area contributed by atoms with E-state index < -0.39 is 0 Å². The monoisotopic (exact) mass is 181 g/mol. The predicted molar refractivity (Wildman–Crippen MR) is 52.1 cm³/mol. The average molecular weight is 181 g/mol. The Hall–Kier alpha value is -0.920. The van der Waals surface area contributed by atoms with E-state index in [0.29, 0.717) is 0 Å². The van der Waals surface area contributed by atoms with Crippen molar-refractivity contribution in [1.29, 1.82) is 0 Å². The molecule has 0 N–H and O–H groups in total. The van der Waals surface area contributed by atoms with Gasteiger partial charge in [0.2, 0.25) is 0 Å². The first-order valence-corrected chi connectivity index (χ1v) is 4.68. The van der Waals surface area contributed by atoms with Crippen LogP contribution in [0.25, 0.3) is 0 Å². The highest BCUT2D eigenvalue weighted by Crippen LogP contribution is 2.26. The van der Waals surface area contributed by atoms with Gasteiger partial charge in [0.1, 0.15) is 5.82 Å². The number of hydrogen-bond acceptors (Lipinski definition) is 1. The van der Waals surface area contributed by atoms with E-state index in [1.165, 1.54) is 12.3 Å². The van der Waals surface area contributed by atoms with Crippen LogP contribution in [0.2, 0.25) is 0 Å². The number of hydrogen-bond donors (Lipinski definition) is 0. The topological polar surface area (TPSA) is 12.9 Å². The van der Waals surface area contributed by atoms with E-state index in [1.807, 2.05) is 0 Å². The van der Waals surface area contributed by atoms with Crippen LogP contribution in [0.15, 0.2) is 18.3 Å². The molecule has 0 radical (unpaired) electrons. The minimum atomic E-state index is -0.268. The highest BCUT2D eigenvalue weighted by molar-refractivity contribution is 5.14. The summed E-state index contributed by atoms with van der Waals surface area (Å²) in [5.74, 6) is -0.268. The van der Waals surface area contributed by atoms with Crippen LogP contribution in [0.5, 0.6) is 0 Å². The van der Waals surface area contributed by atoms with Crippen LogP contribution in [0, 0.1) is 5.82 Å². The maximum Gasteiger partial charge on any atom is 0.141 e. The fourth-order valence-corrected chi connectivity index (χ4v) is 1.53. The van der Waals surface area contributed by atoms with Crippen molar-refractivity contribution in [2.45, 2.75) is 39.0 Å². The molecule has 0 unspecified atom stereocenters. The van der Waals surface area contributed by atoms with Crippen molar-refractivity contribution in [2.75, 3.05) is 0 Å². The van der Waals surface area contributed by atoms with Gasteiger partial charge in [-0.15, -0.1) is 0 Å². The molecule has 0 amide bonds. The molecule has 2 heteroatoms. The van der Waals surface area contributed by atoms with E-state index in [4.69, 9.17) is 0 Å². The van der Waals surface area contributed by atoms with Crippen molar-refractivity contribution >= 4 is 0 Å². The molecule has 1 aromatic heterocycles. The van der Waals surface area contributed by atoms with Gasteiger partial charge in [-0.25, -0.2) is 4.39 Å². The number of pyridine rings is 1. The first-order valence-electron chi connectivity index (χ1n) is 4.68. The summed E-state index contributed by atoms with van der Waals surface area (Å²) in [6.45, 7) is 6.42. The summed E-state index contributed by atoms with van der Waals surface area (Å²) in [4.78, 5) is 4.09. The molecule has 72 valence electrons. The lowest BCUT2D eigenvalue weighted by molar-refractivity contribution is 0.457. The quantitative estimate of drug-likeness (QED) is 0.697. The van der Waals surface area contributed by atoms with Gasteiger partial charge < -0.3 is 0 Å². The van der Waals surface area contributed by atoms with Gasteiger partial charge in [0, 0.05) is 11.1 Å². The minimum Gasteiger partial charge on any atom is -0.258 e. The van der Waals surface area contributed by atoms with Gasteiger partial charge in [-0.2, -0.15) is 0 Å². The Morgan fingerprint density at radius 3 is 2.54 bits per heavy atom. The average Bonchev–Trinajstić information content (AvgIpc) is 2.05. The lowest BCUT2D eigenvalue weighted by Crippen LogP contribution is -2.18. The summed E-state index contributed by atoms with van der Waals surface area (Å²) in [6, 6.07) is 3.24. The van der Waals surface area contributed by atoms with Crippen molar-refractivity contribution < 1.29 is 4.39 Å². The summed E-state index contributed by atoms with van der Waals surface area (Å²) in [6.07, 6.45) is 3.48. The summed E-state index contributed by atoms with van der Waals surface area (Å²) < 4.78 is 12.6. The van der Waals surface area contributed by atoms with Crippen molar-refractivity contribution in [1.82, 2.24) is 4.98 Å². The SMILES string of the molecule is CCCC(C)(C)c1ccc(F)cn1. The fourth-order valence-electron chi connectivity index (χ4n) is 1.53. The molecule has 0 saturated carbocycles. The molecule has 0 aliphatic heterocycles. The number of halogens is 1. The van der Waals surface area contributed by atoms with Crippen LogP contribution in [-0.4, -0.2) is 4.98 Å². The van der Waals surface area contributed by atoms with Gasteiger partial charge in [-0.05, 0) is 18.6 Å². The molecule has 0 aliphatic carbocycles. The minimum absolute atomic E-state index is 0.0580. The van der Waals surface area contributed by atoms with Crippen LogP contribution in [0.4, 0.5) is 4.39 Å². The van der Waals surface area contributed by atoms with Crippen LogP contribution in [0.3, 0.4) is 0 Å². The summed E-state index contributed by atoms with van der Waals surface area (Å²) in [5, 5.41) is 0. The molecule has 0 aliphatic rings. The highest BCUT2D eigenvalue weighted by Gasteiger charge is 2.20. The predicted octanol–water partition coefficient (Wildman–Crippen LogP) is 3.30. The maximum absolute atomic E-state index is 12.6. The third-order valence-electron chi connectivity index (χ3n) is 2.30. The second-order valence-electron chi connectivity index (χ2n) is 4.00. The molecule has 1 heterocycles. The molecule has 13 heavy (non-hydrogen) atoms. The molecule has 0 fully saturated rings. The zero-order valence-electron chi connectivity index (χ0n) is 8.47. The Kier molecular flexibility index (Phi) is 3.02. The van der Waals surface area contributed by atoms with Crippen LogP contribution in [-0.2, 0) is 5.41 Å². The molecule has 0 atom stereocenters. The lowest BCUT2D eigenvalue weighted by Gasteiger charge is -2.22.